The van der Waals surface area contributed by atoms with Crippen LogP contribution in [-0.2, 0) is 13.6 Å². The van der Waals surface area contributed by atoms with Crippen LogP contribution < -0.4 is 10.1 Å². The molecule has 5 nitrogen and oxygen atoms in total. The van der Waals surface area contributed by atoms with Gasteiger partial charge in [0, 0.05) is 18.5 Å². The van der Waals surface area contributed by atoms with Crippen molar-refractivity contribution in [1.29, 1.82) is 0 Å². The second kappa shape index (κ2) is 6.15. The first-order chi connectivity index (χ1) is 10.7. The zero-order chi connectivity index (χ0) is 15.5. The number of hydrogen-bond acceptors (Lipinski definition) is 4. The van der Waals surface area contributed by atoms with E-state index in [1.807, 2.05) is 23.7 Å². The Labute approximate surface area is 129 Å². The Balaban J connectivity index is 1.88. The monoisotopic (exact) mass is 296 g/mol. The Hall–Kier alpha value is -2.40. The highest BCUT2D eigenvalue weighted by Crippen LogP contribution is 2.31. The van der Waals surface area contributed by atoms with Crippen LogP contribution in [0.4, 0.5) is 0 Å². The molecular weight excluding hydrogens is 276 g/mol. The van der Waals surface area contributed by atoms with Crippen molar-refractivity contribution >= 4 is 10.8 Å². The fraction of sp³-hybridized carbons (Fsp3) is 0.294. The Kier molecular flexibility index (Phi) is 4.06. The van der Waals surface area contributed by atoms with Gasteiger partial charge >= 0.3 is 0 Å². The smallest absolute Gasteiger partial charge is 0.146 e. The maximum absolute atomic E-state index is 5.45. The highest BCUT2D eigenvalue weighted by molar-refractivity contribution is 5.91. The van der Waals surface area contributed by atoms with Crippen molar-refractivity contribution in [2.75, 3.05) is 7.11 Å². The van der Waals surface area contributed by atoms with Gasteiger partial charge in [-0.15, -0.1) is 10.2 Å². The molecule has 114 valence electrons. The van der Waals surface area contributed by atoms with Gasteiger partial charge in [0.15, 0.2) is 0 Å². The Morgan fingerprint density at radius 3 is 2.64 bits per heavy atom. The lowest BCUT2D eigenvalue weighted by molar-refractivity contribution is 0.419. The van der Waals surface area contributed by atoms with Crippen LogP contribution in [0.25, 0.3) is 10.8 Å². The topological polar surface area (TPSA) is 52.0 Å². The second-order valence-electron chi connectivity index (χ2n) is 5.36. The molecule has 5 heteroatoms. The summed E-state index contributed by atoms with van der Waals surface area (Å²) in [4.78, 5) is 0. The van der Waals surface area contributed by atoms with Crippen molar-refractivity contribution < 1.29 is 4.74 Å². The quantitative estimate of drug-likeness (QED) is 0.786. The average molecular weight is 296 g/mol. The number of aryl methyl sites for hydroxylation is 1. The van der Waals surface area contributed by atoms with Crippen LogP contribution >= 0.6 is 0 Å². The van der Waals surface area contributed by atoms with Crippen LogP contribution in [0.15, 0.2) is 42.7 Å². The first-order valence-corrected chi connectivity index (χ1v) is 7.32. The molecule has 3 rings (SSSR count). The lowest BCUT2D eigenvalue weighted by Gasteiger charge is -2.17. The van der Waals surface area contributed by atoms with Crippen molar-refractivity contribution in [3.05, 3.63) is 54.1 Å². The van der Waals surface area contributed by atoms with Gasteiger partial charge in [0.1, 0.15) is 17.9 Å². The summed E-state index contributed by atoms with van der Waals surface area (Å²) in [5.74, 6) is 1.82. The molecule has 0 saturated heterocycles. The van der Waals surface area contributed by atoms with Crippen LogP contribution in [0.2, 0.25) is 0 Å². The molecule has 2 aromatic carbocycles. The highest BCUT2D eigenvalue weighted by atomic mass is 16.5. The van der Waals surface area contributed by atoms with Crippen LogP contribution in [0.3, 0.4) is 0 Å². The molecule has 1 atom stereocenters. The number of nitrogens with zero attached hydrogens (tertiary/aromatic N) is 3. The van der Waals surface area contributed by atoms with Crippen molar-refractivity contribution in [1.82, 2.24) is 20.1 Å². The van der Waals surface area contributed by atoms with E-state index >= 15 is 0 Å². The molecule has 0 spiro atoms. The molecule has 3 aromatic rings. The maximum atomic E-state index is 5.45. The second-order valence-corrected chi connectivity index (χ2v) is 5.36. The summed E-state index contributed by atoms with van der Waals surface area (Å²) in [5.41, 5.74) is 1.25. The lowest BCUT2D eigenvalue weighted by atomic mass is 9.99. The molecular formula is C17H20N4O. The summed E-state index contributed by atoms with van der Waals surface area (Å²) in [6.07, 6.45) is 1.71. The minimum Gasteiger partial charge on any atom is -0.496 e. The minimum absolute atomic E-state index is 0.201. The molecule has 0 fully saturated rings. The van der Waals surface area contributed by atoms with E-state index in [1.165, 1.54) is 10.9 Å². The molecule has 0 aliphatic heterocycles. The van der Waals surface area contributed by atoms with Gasteiger partial charge in [0.05, 0.1) is 13.7 Å². The fourth-order valence-electron chi connectivity index (χ4n) is 2.67. The van der Waals surface area contributed by atoms with Gasteiger partial charge in [0.2, 0.25) is 0 Å². The molecule has 0 aliphatic carbocycles. The molecule has 1 heterocycles. The average Bonchev–Trinajstić information content (AvgIpc) is 2.96. The molecule has 22 heavy (non-hydrogen) atoms. The molecule has 0 radical (unpaired) electrons. The van der Waals surface area contributed by atoms with Crippen LogP contribution in [-0.4, -0.2) is 21.9 Å². The van der Waals surface area contributed by atoms with E-state index in [9.17, 15) is 0 Å². The molecule has 1 unspecified atom stereocenters. The summed E-state index contributed by atoms with van der Waals surface area (Å²) < 4.78 is 7.38. The molecule has 1 aromatic heterocycles. The maximum Gasteiger partial charge on any atom is 0.146 e. The third-order valence-electron chi connectivity index (χ3n) is 3.98. The fourth-order valence-corrected chi connectivity index (χ4v) is 2.67. The van der Waals surface area contributed by atoms with E-state index in [0.717, 1.165) is 17.0 Å². The van der Waals surface area contributed by atoms with E-state index in [2.05, 4.69) is 46.7 Å². The van der Waals surface area contributed by atoms with Gasteiger partial charge in [-0.1, -0.05) is 30.3 Å². The molecule has 0 aliphatic rings. The normalized spacial score (nSPS) is 12.5. The number of fused-ring (bicyclic) bond motifs is 1. The first kappa shape index (κ1) is 14.5. The van der Waals surface area contributed by atoms with Gasteiger partial charge < -0.3 is 14.6 Å². The molecule has 0 bridgehead atoms. The van der Waals surface area contributed by atoms with E-state index < -0.39 is 0 Å². The lowest BCUT2D eigenvalue weighted by Crippen LogP contribution is -2.20. The van der Waals surface area contributed by atoms with Gasteiger partial charge in [-0.05, 0) is 23.9 Å². The number of nitrogens with one attached hydrogen (secondary N) is 1. The third-order valence-corrected chi connectivity index (χ3v) is 3.98. The summed E-state index contributed by atoms with van der Waals surface area (Å²) >= 11 is 0. The van der Waals surface area contributed by atoms with E-state index in [1.54, 1.807) is 13.4 Å². The summed E-state index contributed by atoms with van der Waals surface area (Å²) in [7, 11) is 3.65. The largest absolute Gasteiger partial charge is 0.496 e. The number of benzene rings is 2. The van der Waals surface area contributed by atoms with Gasteiger partial charge in [-0.25, -0.2) is 0 Å². The highest BCUT2D eigenvalue weighted by Gasteiger charge is 2.12. The zero-order valence-corrected chi connectivity index (χ0v) is 13.1. The summed E-state index contributed by atoms with van der Waals surface area (Å²) in [5, 5.41) is 13.9. The van der Waals surface area contributed by atoms with Crippen LogP contribution in [0, 0.1) is 0 Å². The standard InChI is InChI=1S/C17H20N4O/c1-12(18-10-17-20-19-11-21(17)2)13-8-9-16(22-3)15-7-5-4-6-14(13)15/h4-9,11-12,18H,10H2,1-3H3. The Morgan fingerprint density at radius 2 is 1.95 bits per heavy atom. The number of methoxy groups -OCH3 is 1. The SMILES string of the molecule is COc1ccc(C(C)NCc2nncn2C)c2ccccc12. The summed E-state index contributed by atoms with van der Waals surface area (Å²) in [6.45, 7) is 2.84. The first-order valence-electron chi connectivity index (χ1n) is 7.32. The summed E-state index contributed by atoms with van der Waals surface area (Å²) in [6, 6.07) is 12.7. The van der Waals surface area contributed by atoms with Crippen LogP contribution in [0.5, 0.6) is 5.75 Å². The molecule has 1 N–H and O–H groups in total. The van der Waals surface area contributed by atoms with Gasteiger partial charge in [-0.2, -0.15) is 0 Å². The van der Waals surface area contributed by atoms with E-state index in [4.69, 9.17) is 4.74 Å². The van der Waals surface area contributed by atoms with Crippen molar-refractivity contribution in [2.45, 2.75) is 19.5 Å². The predicted octanol–water partition coefficient (Wildman–Crippen LogP) is 2.83. The van der Waals surface area contributed by atoms with Crippen molar-refractivity contribution in [3.63, 3.8) is 0 Å². The third kappa shape index (κ3) is 2.67. The van der Waals surface area contributed by atoms with Crippen molar-refractivity contribution in [3.8, 4) is 5.75 Å². The zero-order valence-electron chi connectivity index (χ0n) is 13.1. The molecule has 0 amide bonds. The Morgan fingerprint density at radius 1 is 1.18 bits per heavy atom. The molecule has 0 saturated carbocycles. The minimum atomic E-state index is 0.201. The number of aromatic nitrogens is 3. The van der Waals surface area contributed by atoms with Gasteiger partial charge in [0.25, 0.3) is 0 Å². The van der Waals surface area contributed by atoms with E-state index in [0.29, 0.717) is 6.54 Å². The number of rotatable bonds is 5. The van der Waals surface area contributed by atoms with E-state index in [-0.39, 0.29) is 6.04 Å². The van der Waals surface area contributed by atoms with Gasteiger partial charge in [-0.3, -0.25) is 0 Å². The Bertz CT molecular complexity index is 781. The number of hydrogen-bond donors (Lipinski definition) is 1. The van der Waals surface area contributed by atoms with Crippen LogP contribution in [0.1, 0.15) is 24.4 Å². The number of ether oxygens (including phenoxy) is 1. The van der Waals surface area contributed by atoms with Crippen molar-refractivity contribution in [2.24, 2.45) is 7.05 Å². The predicted molar refractivity (Wildman–Crippen MR) is 86.8 cm³/mol.